The smallest absolute Gasteiger partial charge is 0.169 e. The van der Waals surface area contributed by atoms with Gasteiger partial charge < -0.3 is 0 Å². The lowest BCUT2D eigenvalue weighted by Gasteiger charge is -2.59. The minimum atomic E-state index is -0.201. The summed E-state index contributed by atoms with van der Waals surface area (Å²) in [5, 5.41) is 10.4. The monoisotopic (exact) mass is 1990 g/mol. The van der Waals surface area contributed by atoms with Crippen molar-refractivity contribution in [1.29, 1.82) is 0 Å². The number of nitrogens with zero attached hydrogens (tertiary/aromatic N) is 6. The molecule has 6 aromatic carbocycles. The second-order valence-electron chi connectivity index (χ2n) is 52.5. The fourth-order valence-electron chi connectivity index (χ4n) is 22.9. The largest absolute Gasteiger partial charge is 0.208 e. The van der Waals surface area contributed by atoms with Gasteiger partial charge in [0.15, 0.2) is 74.4 Å². The Morgan fingerprint density at radius 1 is 0.207 bits per heavy atom. The van der Waals surface area contributed by atoms with Gasteiger partial charge in [-0.25, -0.2) is 27.4 Å². The molecule has 0 spiro atoms. The zero-order chi connectivity index (χ0) is 106. The first-order chi connectivity index (χ1) is 68.0. The Kier molecular flexibility index (Phi) is 31.0. The van der Waals surface area contributed by atoms with Crippen LogP contribution in [0.5, 0.6) is 0 Å². The average molecular weight is 2000 g/mol. The Morgan fingerprint density at radius 2 is 0.447 bits per heavy atom. The van der Waals surface area contributed by atoms with Gasteiger partial charge in [-0.1, -0.05) is 345 Å². The van der Waals surface area contributed by atoms with Gasteiger partial charge >= 0.3 is 0 Å². The Morgan fingerprint density at radius 3 is 0.767 bits per heavy atom. The SMILES string of the molecule is C.C.C.C.C[n+]1ccc(C2=C3C=C(C(C)(C)C)C=C4C=CC5=CC(C(C)(C)C)=CC(=C2)C5(C)C43C)cc1.C[n+]1ccc(C2=CC3=CC(C(C)(C)C)=CC4=C(c5cc[n+](C)cc5)C=C5C=C(C(C)(C)C)C=C2C5(C)C34C)cc1.Cc1c2cc(C(C)(C)C)cc1c(-c1cc[n+](C)cc1)cc1cc(C(C)(C)C)cc(c(-c3cc[n+](C)cc3)c2)c1C.Cc1c2ccc3cc(C(C)(C)C)cc(c(-c4cc[n+](C)cc4)cc1cc(C(C)(C)C)c2)c3C. The molecule has 4 unspecified atom stereocenters. The zero-order valence-corrected chi connectivity index (χ0v) is 95.6. The third-order valence-electron chi connectivity index (χ3n) is 33.9. The minimum Gasteiger partial charge on any atom is -0.208 e. The number of aryl methyl sites for hydroxylation is 10. The van der Waals surface area contributed by atoms with E-state index in [1.807, 2.05) is 0 Å². The van der Waals surface area contributed by atoms with E-state index in [-0.39, 0.29) is 94.7 Å². The summed E-state index contributed by atoms with van der Waals surface area (Å²) in [6.07, 6.45) is 58.1. The van der Waals surface area contributed by atoms with E-state index < -0.39 is 0 Å². The number of allylic oxidation sites excluding steroid dienone is 28. The van der Waals surface area contributed by atoms with Crippen molar-refractivity contribution in [3.05, 3.63) is 433 Å². The first-order valence-electron chi connectivity index (χ1n) is 53.3. The molecule has 12 aromatic rings. The van der Waals surface area contributed by atoms with Crippen LogP contribution in [0.4, 0.5) is 0 Å². The number of pyridine rings is 6. The van der Waals surface area contributed by atoms with Crippen LogP contribution in [0.2, 0.25) is 0 Å². The third kappa shape index (κ3) is 21.1. The molecule has 6 heteroatoms. The Labute approximate surface area is 905 Å². The molecule has 0 radical (unpaired) electrons. The first kappa shape index (κ1) is 114. The molecule has 20 rings (SSSR count). The van der Waals surface area contributed by atoms with E-state index in [9.17, 15) is 0 Å². The van der Waals surface area contributed by atoms with E-state index in [0.717, 1.165) is 0 Å². The molecule has 780 valence electrons. The minimum absolute atomic E-state index is 0. The summed E-state index contributed by atoms with van der Waals surface area (Å²) < 4.78 is 12.7. The van der Waals surface area contributed by atoms with Gasteiger partial charge in [0, 0.05) is 94.5 Å². The van der Waals surface area contributed by atoms with Crippen LogP contribution in [0, 0.1) is 71.0 Å². The average Bonchev–Trinajstić information content (AvgIpc) is 0.665. The highest BCUT2D eigenvalue weighted by Crippen LogP contribution is 2.72. The standard InChI is InChI=1S/2C38H44N2.2C32H38N.4CH4/c1-35(2,3)27-19-29-21-32(26-13-17-40(10)18-14-26)34-24-28(36(4,5)6)20-30-22-31(25-11-15-39(9)16-12-25)33(23-27)37(29,7)38(30,34)8;1-25-29-19-31(37(3,4)5)23-33(25)35(27-11-15-39(9)16-12-27)22-30-20-32(38(6,7)8)24-34(26(30)2)36(21-29)28-13-17-40(10)18-14-28;1-29(2,3)24-16-22-10-11-23-17-25(30(4,5)6)20-28-27(21-12-14-33(9)15-13-21)19-26(18-24)31(22,7)32(23,28)8;1-21-24-10-11-25-17-28(32(6,7)8)20-29(22(25)2)30(23-12-14-33(9)15-13-23)19-26(21)18-27(16-24)31(3,4)5;;;;/h2*11-24H,1-10H3;2*10-20H,1-9H3;4*1H4/q2*+2;2*+1;;;;. The molecule has 0 saturated heterocycles. The van der Waals surface area contributed by atoms with Crippen molar-refractivity contribution < 1.29 is 27.4 Å². The molecule has 0 N–H and O–H groups in total. The number of rotatable bonds is 6. The van der Waals surface area contributed by atoms with Crippen molar-refractivity contribution in [3.63, 3.8) is 0 Å². The normalized spacial score (nSPS) is 19.1. The Bertz CT molecular complexity index is 7800. The molecule has 6 nitrogen and oxygen atoms in total. The van der Waals surface area contributed by atoms with Gasteiger partial charge in [0.2, 0.25) is 0 Å². The van der Waals surface area contributed by atoms with E-state index in [1.165, 1.54) is 221 Å². The van der Waals surface area contributed by atoms with Gasteiger partial charge in [0.25, 0.3) is 0 Å². The van der Waals surface area contributed by atoms with Crippen LogP contribution in [0.15, 0.2) is 372 Å². The Balaban J connectivity index is 0.000000166. The highest BCUT2D eigenvalue weighted by Gasteiger charge is 2.61. The van der Waals surface area contributed by atoms with Crippen LogP contribution in [-0.4, -0.2) is 0 Å². The lowest BCUT2D eigenvalue weighted by Crippen LogP contribution is -2.49. The van der Waals surface area contributed by atoms with E-state index in [1.54, 1.807) is 0 Å². The number of aromatic nitrogens is 6. The van der Waals surface area contributed by atoms with Gasteiger partial charge in [-0.2, -0.15) is 0 Å². The fourth-order valence-corrected chi connectivity index (χ4v) is 22.9. The summed E-state index contributed by atoms with van der Waals surface area (Å²) in [4.78, 5) is 0. The van der Waals surface area contributed by atoms with E-state index in [4.69, 9.17) is 0 Å². The molecule has 4 atom stereocenters. The molecule has 0 fully saturated rings. The molecular weight excluding hydrogens is 1810 g/mol. The van der Waals surface area contributed by atoms with E-state index in [2.05, 4.69) is 596 Å². The number of benzene rings is 4. The molecule has 0 aliphatic heterocycles. The maximum Gasteiger partial charge on any atom is 0.169 e. The molecule has 8 bridgehead atoms. The summed E-state index contributed by atoms with van der Waals surface area (Å²) in [5.41, 5.74) is 43.1. The van der Waals surface area contributed by atoms with Crippen LogP contribution in [0.1, 0.15) is 285 Å². The second-order valence-corrected chi connectivity index (χ2v) is 52.5. The summed E-state index contributed by atoms with van der Waals surface area (Å²) >= 11 is 0. The van der Waals surface area contributed by atoms with Crippen LogP contribution in [-0.2, 0) is 63.9 Å². The Hall–Kier alpha value is -12.9. The summed E-state index contributed by atoms with van der Waals surface area (Å²) in [6, 6.07) is 58.2. The molecule has 6 aromatic heterocycles. The predicted octanol–water partition coefficient (Wildman–Crippen LogP) is 35.1. The highest BCUT2D eigenvalue weighted by molar-refractivity contribution is 6.01. The van der Waals surface area contributed by atoms with Crippen molar-refractivity contribution in [2.24, 2.45) is 85.6 Å². The number of hydrogen-bond donors (Lipinski definition) is 0. The van der Waals surface area contributed by atoms with Crippen LogP contribution in [0.3, 0.4) is 0 Å². The van der Waals surface area contributed by atoms with Crippen molar-refractivity contribution >= 4 is 59.8 Å². The van der Waals surface area contributed by atoms with Crippen LogP contribution < -0.4 is 27.4 Å². The van der Waals surface area contributed by atoms with Crippen molar-refractivity contribution in [2.75, 3.05) is 0 Å². The van der Waals surface area contributed by atoms with Gasteiger partial charge in [-0.15, -0.1) is 0 Å². The van der Waals surface area contributed by atoms with Crippen LogP contribution >= 0.6 is 0 Å². The molecule has 8 aliphatic carbocycles. The molecule has 0 saturated carbocycles. The maximum absolute atomic E-state index is 2.52. The molecule has 150 heavy (non-hydrogen) atoms. The lowest BCUT2D eigenvalue weighted by atomic mass is 9.43. The zero-order valence-electron chi connectivity index (χ0n) is 95.6. The summed E-state index contributed by atoms with van der Waals surface area (Å²) in [6.45, 7) is 74.7. The van der Waals surface area contributed by atoms with Crippen LogP contribution in [0.25, 0.3) is 93.2 Å². The predicted molar refractivity (Wildman–Crippen MR) is 646 cm³/mol. The van der Waals surface area contributed by atoms with Crippen molar-refractivity contribution in [2.45, 2.75) is 273 Å². The van der Waals surface area contributed by atoms with E-state index in [0.29, 0.717) is 0 Å². The highest BCUT2D eigenvalue weighted by atomic mass is 14.9. The van der Waals surface area contributed by atoms with Crippen molar-refractivity contribution in [3.8, 4) is 33.4 Å². The maximum atomic E-state index is 2.52. The fraction of sp³-hybridized carbons (Fsp3) is 0.375. The quantitative estimate of drug-likeness (QED) is 0.148. The van der Waals surface area contributed by atoms with E-state index >= 15 is 0 Å². The van der Waals surface area contributed by atoms with Gasteiger partial charge in [0.1, 0.15) is 42.3 Å². The van der Waals surface area contributed by atoms with Gasteiger partial charge in [0.05, 0.1) is 0 Å². The van der Waals surface area contributed by atoms with Gasteiger partial charge in [-0.3, -0.25) is 0 Å². The summed E-state index contributed by atoms with van der Waals surface area (Å²) in [5.74, 6) is 0. The van der Waals surface area contributed by atoms with Gasteiger partial charge in [-0.05, 0) is 329 Å². The number of hydrogen-bond acceptors (Lipinski definition) is 0. The van der Waals surface area contributed by atoms with Crippen molar-refractivity contribution in [1.82, 2.24) is 0 Å². The molecule has 6 heterocycles. The molecular formula is C144H180N6+6. The molecule has 8 aliphatic rings. The summed E-state index contributed by atoms with van der Waals surface area (Å²) in [7, 11) is 12.5. The lowest BCUT2D eigenvalue weighted by molar-refractivity contribution is -0.671. The molecule has 0 amide bonds. The first-order valence-corrected chi connectivity index (χ1v) is 53.3. The third-order valence-corrected chi connectivity index (χ3v) is 33.9. The topological polar surface area (TPSA) is 23.3 Å². The second kappa shape index (κ2) is 40.7. The number of fused-ring (bicyclic) bond motifs is 8.